The molecule has 0 aliphatic rings. The van der Waals surface area contributed by atoms with Gasteiger partial charge in [-0.25, -0.2) is 4.98 Å². The number of nitrogens with zero attached hydrogens (tertiary/aromatic N) is 4. The number of rotatable bonds is 9. The van der Waals surface area contributed by atoms with Gasteiger partial charge in [-0.3, -0.25) is 0 Å². The van der Waals surface area contributed by atoms with Gasteiger partial charge in [-0.05, 0) is 57.0 Å². The molecule has 0 bridgehead atoms. The summed E-state index contributed by atoms with van der Waals surface area (Å²) in [5, 5.41) is 3.36. The summed E-state index contributed by atoms with van der Waals surface area (Å²) in [5.74, 6) is 1.59. The minimum atomic E-state index is 0.638. The minimum Gasteiger partial charge on any atom is -0.372 e. The summed E-state index contributed by atoms with van der Waals surface area (Å²) in [5.41, 5.74) is 3.49. The van der Waals surface area contributed by atoms with Crippen molar-refractivity contribution in [2.24, 2.45) is 0 Å². The highest BCUT2D eigenvalue weighted by atomic mass is 15.2. The van der Waals surface area contributed by atoms with Gasteiger partial charge in [0.25, 0.3) is 0 Å². The van der Waals surface area contributed by atoms with E-state index < -0.39 is 0 Å². The Morgan fingerprint density at radius 1 is 1.08 bits per heavy atom. The lowest BCUT2D eigenvalue weighted by Gasteiger charge is -2.22. The fraction of sp³-hybridized carbons (Fsp3) is 0.500. The van der Waals surface area contributed by atoms with E-state index in [1.807, 2.05) is 12.3 Å². The third-order valence-electron chi connectivity index (χ3n) is 4.46. The van der Waals surface area contributed by atoms with Crippen molar-refractivity contribution in [3.63, 3.8) is 0 Å². The Hall–Kier alpha value is -2.30. The van der Waals surface area contributed by atoms with Crippen molar-refractivity contribution in [2.45, 2.75) is 40.5 Å². The molecule has 0 saturated carbocycles. The van der Waals surface area contributed by atoms with E-state index in [-0.39, 0.29) is 0 Å². The highest BCUT2D eigenvalue weighted by molar-refractivity contribution is 5.64. The van der Waals surface area contributed by atoms with E-state index in [0.29, 0.717) is 5.95 Å². The first kappa shape index (κ1) is 19.0. The number of aryl methyl sites for hydroxylation is 1. The number of benzene rings is 1. The van der Waals surface area contributed by atoms with Crippen LogP contribution in [0.5, 0.6) is 0 Å². The van der Waals surface area contributed by atoms with Crippen LogP contribution in [0.25, 0.3) is 0 Å². The molecule has 0 saturated heterocycles. The van der Waals surface area contributed by atoms with Crippen molar-refractivity contribution >= 4 is 23.1 Å². The lowest BCUT2D eigenvalue weighted by Crippen LogP contribution is -2.21. The number of nitrogens with one attached hydrogen (secondary N) is 1. The lowest BCUT2D eigenvalue weighted by molar-refractivity contribution is 0.759. The fourth-order valence-electron chi connectivity index (χ4n) is 2.83. The highest BCUT2D eigenvalue weighted by Crippen LogP contribution is 2.25. The fourth-order valence-corrected chi connectivity index (χ4v) is 2.83. The molecule has 1 aromatic heterocycles. The second-order valence-corrected chi connectivity index (χ2v) is 6.31. The third kappa shape index (κ3) is 5.08. The SMILES string of the molecule is CCCCN(C)c1ccnc(Nc2ccc(N(CC)CC)cc2C)n1. The first-order valence-corrected chi connectivity index (χ1v) is 9.25. The van der Waals surface area contributed by atoms with Crippen molar-refractivity contribution < 1.29 is 0 Å². The van der Waals surface area contributed by atoms with Crippen LogP contribution in [0.2, 0.25) is 0 Å². The topological polar surface area (TPSA) is 44.3 Å². The smallest absolute Gasteiger partial charge is 0.229 e. The minimum absolute atomic E-state index is 0.638. The first-order valence-electron chi connectivity index (χ1n) is 9.25. The van der Waals surface area contributed by atoms with Gasteiger partial charge in [0.05, 0.1) is 0 Å². The van der Waals surface area contributed by atoms with Crippen LogP contribution in [0.1, 0.15) is 39.2 Å². The van der Waals surface area contributed by atoms with E-state index in [9.17, 15) is 0 Å². The summed E-state index contributed by atoms with van der Waals surface area (Å²) in [6.45, 7) is 11.7. The summed E-state index contributed by atoms with van der Waals surface area (Å²) in [6.07, 6.45) is 4.15. The maximum absolute atomic E-state index is 4.65. The Morgan fingerprint density at radius 2 is 1.84 bits per heavy atom. The Labute approximate surface area is 152 Å². The Bertz CT molecular complexity index is 667. The summed E-state index contributed by atoms with van der Waals surface area (Å²) in [7, 11) is 2.08. The monoisotopic (exact) mass is 341 g/mol. The van der Waals surface area contributed by atoms with E-state index in [1.165, 1.54) is 17.7 Å². The average molecular weight is 342 g/mol. The Morgan fingerprint density at radius 3 is 2.48 bits per heavy atom. The zero-order chi connectivity index (χ0) is 18.2. The van der Waals surface area contributed by atoms with Crippen LogP contribution in [0, 0.1) is 6.92 Å². The van der Waals surface area contributed by atoms with Gasteiger partial charge in [-0.1, -0.05) is 13.3 Å². The van der Waals surface area contributed by atoms with Crippen LogP contribution >= 0.6 is 0 Å². The molecule has 136 valence electrons. The summed E-state index contributed by atoms with van der Waals surface area (Å²) < 4.78 is 0. The Balaban J connectivity index is 2.14. The molecular formula is C20H31N5. The van der Waals surface area contributed by atoms with Gasteiger partial charge in [0.2, 0.25) is 5.95 Å². The van der Waals surface area contributed by atoms with Crippen LogP contribution < -0.4 is 15.1 Å². The molecule has 2 aromatic rings. The van der Waals surface area contributed by atoms with Crippen LogP contribution in [0.4, 0.5) is 23.1 Å². The van der Waals surface area contributed by atoms with E-state index in [2.05, 4.69) is 78.0 Å². The maximum Gasteiger partial charge on any atom is 0.229 e. The van der Waals surface area contributed by atoms with Gasteiger partial charge in [0.15, 0.2) is 0 Å². The molecular weight excluding hydrogens is 310 g/mol. The van der Waals surface area contributed by atoms with Crippen molar-refractivity contribution in [3.05, 3.63) is 36.0 Å². The highest BCUT2D eigenvalue weighted by Gasteiger charge is 2.08. The summed E-state index contributed by atoms with van der Waals surface area (Å²) in [4.78, 5) is 13.5. The Kier molecular flexibility index (Phi) is 7.04. The zero-order valence-corrected chi connectivity index (χ0v) is 16.2. The summed E-state index contributed by atoms with van der Waals surface area (Å²) in [6, 6.07) is 8.43. The van der Waals surface area contributed by atoms with Gasteiger partial charge < -0.3 is 15.1 Å². The van der Waals surface area contributed by atoms with Gasteiger partial charge in [0, 0.05) is 44.3 Å². The van der Waals surface area contributed by atoms with Crippen LogP contribution in [-0.4, -0.2) is 36.6 Å². The molecule has 5 nitrogen and oxygen atoms in total. The van der Waals surface area contributed by atoms with Crippen molar-refractivity contribution in [3.8, 4) is 0 Å². The normalized spacial score (nSPS) is 10.6. The zero-order valence-electron chi connectivity index (χ0n) is 16.2. The molecule has 0 radical (unpaired) electrons. The molecule has 5 heteroatoms. The number of hydrogen-bond acceptors (Lipinski definition) is 5. The molecule has 2 rings (SSSR count). The molecule has 1 N–H and O–H groups in total. The molecule has 0 spiro atoms. The largest absolute Gasteiger partial charge is 0.372 e. The van der Waals surface area contributed by atoms with Crippen molar-refractivity contribution in [2.75, 3.05) is 41.8 Å². The van der Waals surface area contributed by atoms with Crippen LogP contribution in [0.15, 0.2) is 30.5 Å². The molecule has 0 fully saturated rings. The molecule has 0 aliphatic heterocycles. The molecule has 25 heavy (non-hydrogen) atoms. The number of hydrogen-bond donors (Lipinski definition) is 1. The van der Waals surface area contributed by atoms with Crippen molar-refractivity contribution in [1.82, 2.24) is 9.97 Å². The van der Waals surface area contributed by atoms with Crippen LogP contribution in [-0.2, 0) is 0 Å². The second kappa shape index (κ2) is 9.25. The predicted octanol–water partition coefficient (Wildman–Crippen LogP) is 4.61. The predicted molar refractivity (Wildman–Crippen MR) is 108 cm³/mol. The molecule has 0 amide bonds. The molecule has 0 aliphatic carbocycles. The van der Waals surface area contributed by atoms with E-state index in [0.717, 1.165) is 37.6 Å². The van der Waals surface area contributed by atoms with Gasteiger partial charge >= 0.3 is 0 Å². The third-order valence-corrected chi connectivity index (χ3v) is 4.46. The average Bonchev–Trinajstić information content (AvgIpc) is 2.63. The number of aromatic nitrogens is 2. The lowest BCUT2D eigenvalue weighted by atomic mass is 10.1. The molecule has 1 aromatic carbocycles. The molecule has 1 heterocycles. The maximum atomic E-state index is 4.65. The number of unbranched alkanes of at least 4 members (excludes halogenated alkanes) is 1. The van der Waals surface area contributed by atoms with E-state index >= 15 is 0 Å². The number of anilines is 4. The summed E-state index contributed by atoms with van der Waals surface area (Å²) >= 11 is 0. The second-order valence-electron chi connectivity index (χ2n) is 6.31. The van der Waals surface area contributed by atoms with Gasteiger partial charge in [0.1, 0.15) is 5.82 Å². The molecule has 0 unspecified atom stereocenters. The molecule has 0 atom stereocenters. The van der Waals surface area contributed by atoms with Crippen molar-refractivity contribution in [1.29, 1.82) is 0 Å². The van der Waals surface area contributed by atoms with Gasteiger partial charge in [-0.15, -0.1) is 0 Å². The van der Waals surface area contributed by atoms with Crippen LogP contribution in [0.3, 0.4) is 0 Å². The van der Waals surface area contributed by atoms with E-state index in [4.69, 9.17) is 0 Å². The first-order chi connectivity index (χ1) is 12.1. The standard InChI is InChI=1S/C20H31N5/c1-6-9-14-24(5)19-12-13-21-20(23-19)22-18-11-10-17(15-16(18)4)25(7-2)8-3/h10-13,15H,6-9,14H2,1-5H3,(H,21,22,23). The van der Waals surface area contributed by atoms with Gasteiger partial charge in [-0.2, -0.15) is 4.98 Å². The quantitative estimate of drug-likeness (QED) is 0.721. The van der Waals surface area contributed by atoms with E-state index in [1.54, 1.807) is 0 Å².